The summed E-state index contributed by atoms with van der Waals surface area (Å²) in [5, 5.41) is 26.4. The second kappa shape index (κ2) is 8.11. The topological polar surface area (TPSA) is 60.7 Å². The van der Waals surface area contributed by atoms with Crippen LogP contribution in [0.3, 0.4) is 0 Å². The molecule has 1 unspecified atom stereocenters. The number of hydrogen-bond acceptors (Lipinski definition) is 4. The molecule has 0 bridgehead atoms. The molecule has 3 N–H and O–H groups in total. The lowest BCUT2D eigenvalue weighted by Crippen LogP contribution is -2.14. The van der Waals surface area contributed by atoms with Crippen LogP contribution < -0.4 is 0 Å². The third-order valence-electron chi connectivity index (χ3n) is 2.12. The first-order valence-corrected chi connectivity index (χ1v) is 6.57. The molecule has 0 aliphatic heterocycles. The van der Waals surface area contributed by atoms with Gasteiger partial charge in [-0.1, -0.05) is 17.9 Å². The predicted octanol–water partition coefficient (Wildman–Crippen LogP) is 0.756. The maximum Gasteiger partial charge on any atom is 0.138 e. The first-order chi connectivity index (χ1) is 8.67. The molecule has 0 saturated carbocycles. The summed E-state index contributed by atoms with van der Waals surface area (Å²) in [6.45, 7) is -0.565. The molecule has 1 atom stereocenters. The molecule has 1 aromatic carbocycles. The Morgan fingerprint density at radius 2 is 2.11 bits per heavy atom. The summed E-state index contributed by atoms with van der Waals surface area (Å²) in [6, 6.07) is 4.61. The van der Waals surface area contributed by atoms with Gasteiger partial charge in [0.15, 0.2) is 0 Å². The minimum absolute atomic E-state index is 0.254. The summed E-state index contributed by atoms with van der Waals surface area (Å²) in [6.07, 6.45) is -0.732. The summed E-state index contributed by atoms with van der Waals surface area (Å²) in [5.41, 5.74) is 1.14. The number of hydrogen-bond donors (Lipinski definition) is 3. The molecule has 18 heavy (non-hydrogen) atoms. The fourth-order valence-corrected chi connectivity index (χ4v) is 2.17. The molecule has 1 rings (SSSR count). The Bertz CT molecular complexity index is 440. The van der Waals surface area contributed by atoms with Crippen molar-refractivity contribution in [3.8, 4) is 11.8 Å². The zero-order valence-corrected chi connectivity index (χ0v) is 10.6. The van der Waals surface area contributed by atoms with Crippen LogP contribution in [0.4, 0.5) is 4.39 Å². The van der Waals surface area contributed by atoms with Crippen LogP contribution in [0, 0.1) is 17.7 Å². The largest absolute Gasteiger partial charge is 0.394 e. The molecule has 1 aromatic rings. The van der Waals surface area contributed by atoms with Gasteiger partial charge in [-0.25, -0.2) is 4.39 Å². The fourth-order valence-electron chi connectivity index (χ4n) is 1.26. The highest BCUT2D eigenvalue weighted by molar-refractivity contribution is 7.98. The van der Waals surface area contributed by atoms with Gasteiger partial charge < -0.3 is 15.3 Å². The van der Waals surface area contributed by atoms with Crippen LogP contribution in [0.1, 0.15) is 11.1 Å². The third kappa shape index (κ3) is 5.07. The third-order valence-corrected chi connectivity index (χ3v) is 3.28. The van der Waals surface area contributed by atoms with Gasteiger partial charge in [-0.15, -0.1) is 0 Å². The van der Waals surface area contributed by atoms with Crippen LogP contribution in [0.25, 0.3) is 0 Å². The van der Waals surface area contributed by atoms with Gasteiger partial charge >= 0.3 is 0 Å². The molecule has 3 nitrogen and oxygen atoms in total. The van der Waals surface area contributed by atoms with Gasteiger partial charge in [0.1, 0.15) is 12.4 Å². The number of aliphatic hydroxyl groups is 3. The monoisotopic (exact) mass is 270 g/mol. The van der Waals surface area contributed by atoms with Crippen molar-refractivity contribution in [1.82, 2.24) is 0 Å². The summed E-state index contributed by atoms with van der Waals surface area (Å²) in [5.74, 6) is 5.55. The molecule has 98 valence electrons. The van der Waals surface area contributed by atoms with Gasteiger partial charge in [0, 0.05) is 11.5 Å². The quantitative estimate of drug-likeness (QED) is 0.691. The van der Waals surface area contributed by atoms with E-state index >= 15 is 0 Å². The van der Waals surface area contributed by atoms with Crippen molar-refractivity contribution in [2.75, 3.05) is 19.0 Å². The van der Waals surface area contributed by atoms with Gasteiger partial charge in [0.05, 0.1) is 18.3 Å². The van der Waals surface area contributed by atoms with Crippen molar-refractivity contribution in [3.05, 3.63) is 35.1 Å². The number of rotatable bonds is 5. The Hall–Kier alpha value is -1.06. The first kappa shape index (κ1) is 15.0. The van der Waals surface area contributed by atoms with E-state index in [0.717, 1.165) is 5.56 Å². The van der Waals surface area contributed by atoms with E-state index in [0.29, 0.717) is 11.5 Å². The van der Waals surface area contributed by atoms with E-state index in [1.807, 2.05) is 0 Å². The minimum atomic E-state index is -0.732. The van der Waals surface area contributed by atoms with Gasteiger partial charge in [-0.3, -0.25) is 0 Å². The molecule has 5 heteroatoms. The summed E-state index contributed by atoms with van der Waals surface area (Å²) < 4.78 is 13.3. The van der Waals surface area contributed by atoms with Crippen molar-refractivity contribution < 1.29 is 19.7 Å². The lowest BCUT2D eigenvalue weighted by molar-refractivity contribution is 0.113. The average molecular weight is 270 g/mol. The minimum Gasteiger partial charge on any atom is -0.394 e. The first-order valence-electron chi connectivity index (χ1n) is 5.42. The molecule has 0 radical (unpaired) electrons. The summed E-state index contributed by atoms with van der Waals surface area (Å²) in [7, 11) is 0. The highest BCUT2D eigenvalue weighted by Crippen LogP contribution is 2.16. The van der Waals surface area contributed by atoms with Crippen LogP contribution in [0.5, 0.6) is 0 Å². The molecule has 0 heterocycles. The molecule has 0 amide bonds. The average Bonchev–Trinajstić information content (AvgIpc) is 2.38. The highest BCUT2D eigenvalue weighted by Gasteiger charge is 2.04. The van der Waals surface area contributed by atoms with E-state index in [2.05, 4.69) is 11.8 Å². The molecule has 0 spiro atoms. The number of aliphatic hydroxyl groups excluding tert-OH is 3. The Kier molecular flexibility index (Phi) is 6.76. The van der Waals surface area contributed by atoms with Crippen LogP contribution in [0.2, 0.25) is 0 Å². The molecule has 0 fully saturated rings. The molecule has 0 saturated heterocycles. The Morgan fingerprint density at radius 3 is 2.78 bits per heavy atom. The van der Waals surface area contributed by atoms with Crippen molar-refractivity contribution in [2.24, 2.45) is 0 Å². The SMILES string of the molecule is OCC#Cc1cc(CSCC(O)CO)ccc1F. The smallest absolute Gasteiger partial charge is 0.138 e. The molecular weight excluding hydrogens is 255 g/mol. The second-order valence-electron chi connectivity index (χ2n) is 3.63. The standard InChI is InChI=1S/C13H15FO3S/c14-13-4-3-10(6-11(13)2-1-5-15)8-18-9-12(17)7-16/h3-4,6,12,15-17H,5,7-9H2. The summed E-state index contributed by atoms with van der Waals surface area (Å²) in [4.78, 5) is 0. The lowest BCUT2D eigenvalue weighted by atomic mass is 10.1. The van der Waals surface area contributed by atoms with E-state index in [9.17, 15) is 4.39 Å². The Morgan fingerprint density at radius 1 is 1.33 bits per heavy atom. The van der Waals surface area contributed by atoms with Crippen LogP contribution >= 0.6 is 11.8 Å². The normalized spacial score (nSPS) is 11.8. The van der Waals surface area contributed by atoms with Gasteiger partial charge in [0.25, 0.3) is 0 Å². The Balaban J connectivity index is 2.61. The van der Waals surface area contributed by atoms with Crippen molar-refractivity contribution in [3.63, 3.8) is 0 Å². The Labute approximate surface area is 110 Å². The fraction of sp³-hybridized carbons (Fsp3) is 0.385. The number of thioether (sulfide) groups is 1. The highest BCUT2D eigenvalue weighted by atomic mass is 32.2. The van der Waals surface area contributed by atoms with E-state index in [-0.39, 0.29) is 18.8 Å². The molecule has 0 aromatic heterocycles. The molecular formula is C13H15FO3S. The van der Waals surface area contributed by atoms with E-state index in [4.69, 9.17) is 15.3 Å². The zero-order valence-electron chi connectivity index (χ0n) is 9.77. The zero-order chi connectivity index (χ0) is 13.4. The number of benzene rings is 1. The van der Waals surface area contributed by atoms with Crippen molar-refractivity contribution in [1.29, 1.82) is 0 Å². The maximum atomic E-state index is 13.3. The van der Waals surface area contributed by atoms with E-state index in [1.54, 1.807) is 12.1 Å². The maximum absolute atomic E-state index is 13.3. The summed E-state index contributed by atoms with van der Waals surface area (Å²) >= 11 is 1.45. The van der Waals surface area contributed by atoms with E-state index in [1.165, 1.54) is 17.8 Å². The van der Waals surface area contributed by atoms with E-state index < -0.39 is 11.9 Å². The molecule has 0 aliphatic carbocycles. The van der Waals surface area contributed by atoms with Gasteiger partial charge in [-0.05, 0) is 17.7 Å². The van der Waals surface area contributed by atoms with Crippen LogP contribution in [0.15, 0.2) is 18.2 Å². The number of halogens is 1. The second-order valence-corrected chi connectivity index (χ2v) is 4.66. The van der Waals surface area contributed by atoms with Crippen LogP contribution in [-0.4, -0.2) is 40.4 Å². The predicted molar refractivity (Wildman–Crippen MR) is 69.6 cm³/mol. The van der Waals surface area contributed by atoms with Crippen molar-refractivity contribution >= 4 is 11.8 Å². The van der Waals surface area contributed by atoms with Crippen molar-refractivity contribution in [2.45, 2.75) is 11.9 Å². The van der Waals surface area contributed by atoms with Gasteiger partial charge in [0.2, 0.25) is 0 Å². The van der Waals surface area contributed by atoms with Crippen LogP contribution in [-0.2, 0) is 5.75 Å². The molecule has 0 aliphatic rings. The lowest BCUT2D eigenvalue weighted by Gasteiger charge is -2.07. The van der Waals surface area contributed by atoms with Gasteiger partial charge in [-0.2, -0.15) is 11.8 Å².